The third-order valence-electron chi connectivity index (χ3n) is 8.88. The summed E-state index contributed by atoms with van der Waals surface area (Å²) in [6, 6.07) is 47.1. The van der Waals surface area contributed by atoms with Crippen molar-refractivity contribution in [1.82, 2.24) is 0 Å². The number of ether oxygens (including phenoxy) is 4. The van der Waals surface area contributed by atoms with Gasteiger partial charge in [-0.3, -0.25) is 0 Å². The molecule has 50 heavy (non-hydrogen) atoms. The van der Waals surface area contributed by atoms with Gasteiger partial charge in [-0.1, -0.05) is 127 Å². The summed E-state index contributed by atoms with van der Waals surface area (Å²) in [6.45, 7) is 1.04. The van der Waals surface area contributed by atoms with Crippen molar-refractivity contribution in [2.45, 2.75) is 44.4 Å². The molecule has 6 nitrogen and oxygen atoms in total. The predicted molar refractivity (Wildman–Crippen MR) is 197 cm³/mol. The van der Waals surface area contributed by atoms with Crippen LogP contribution < -0.4 is 14.2 Å². The smallest absolute Gasteiger partial charge is 0.157 e. The highest BCUT2D eigenvalue weighted by Gasteiger charge is 2.44. The van der Waals surface area contributed by atoms with E-state index in [2.05, 4.69) is 28.1 Å². The second-order valence-corrected chi connectivity index (χ2v) is 13.1. The molecule has 3 atom stereocenters. The Morgan fingerprint density at radius 1 is 0.560 bits per heavy atom. The van der Waals surface area contributed by atoms with Gasteiger partial charge >= 0.3 is 0 Å². The van der Waals surface area contributed by atoms with E-state index < -0.39 is 12.2 Å². The number of hydrogen-bond donors (Lipinski definition) is 2. The molecule has 6 aromatic carbocycles. The Labute approximate surface area is 300 Å². The van der Waals surface area contributed by atoms with E-state index in [1.54, 1.807) is 12.1 Å². The van der Waals surface area contributed by atoms with E-state index >= 15 is 0 Å². The molecule has 0 amide bonds. The van der Waals surface area contributed by atoms with Crippen LogP contribution in [0.1, 0.15) is 45.4 Å². The Bertz CT molecular complexity index is 2000. The lowest BCUT2D eigenvalue weighted by atomic mass is 9.80. The van der Waals surface area contributed by atoms with Crippen LogP contribution in [0.5, 0.6) is 28.7 Å². The fourth-order valence-electron chi connectivity index (χ4n) is 6.36. The highest BCUT2D eigenvalue weighted by atomic mass is 79.9. The molecular weight excluding hydrogens is 692 g/mol. The van der Waals surface area contributed by atoms with E-state index in [9.17, 15) is 10.2 Å². The van der Waals surface area contributed by atoms with E-state index in [1.807, 2.05) is 115 Å². The first-order valence-electron chi connectivity index (χ1n) is 16.6. The van der Waals surface area contributed by atoms with E-state index in [4.69, 9.17) is 18.9 Å². The first-order valence-corrected chi connectivity index (χ1v) is 17.4. The molecule has 0 aliphatic carbocycles. The molecule has 7 heteroatoms. The van der Waals surface area contributed by atoms with Crippen LogP contribution >= 0.6 is 15.9 Å². The average molecular weight is 730 g/mol. The minimum atomic E-state index is -0.658. The third-order valence-corrected chi connectivity index (χ3v) is 9.64. The number of fused-ring (bicyclic) bond motifs is 1. The average Bonchev–Trinajstić information content (AvgIpc) is 3.16. The van der Waals surface area contributed by atoms with Gasteiger partial charge in [0.25, 0.3) is 0 Å². The summed E-state index contributed by atoms with van der Waals surface area (Å²) >= 11 is 3.87. The zero-order valence-corrected chi connectivity index (χ0v) is 28.9. The number of phenolic OH excluding ortho intramolecular Hbond substituents is 2. The number of benzene rings is 6. The summed E-state index contributed by atoms with van der Waals surface area (Å²) < 4.78 is 27.6. The summed E-state index contributed by atoms with van der Waals surface area (Å²) in [6.07, 6.45) is -0.557. The lowest BCUT2D eigenvalue weighted by Gasteiger charge is -2.41. The second-order valence-electron chi connectivity index (χ2n) is 12.3. The minimum absolute atomic E-state index is 0.207. The van der Waals surface area contributed by atoms with Crippen molar-refractivity contribution >= 4 is 15.9 Å². The molecule has 252 valence electrons. The van der Waals surface area contributed by atoms with Crippen LogP contribution in [0.25, 0.3) is 0 Å². The number of phenols is 2. The first-order chi connectivity index (χ1) is 24.5. The lowest BCUT2D eigenvalue weighted by molar-refractivity contribution is -0.0644. The van der Waals surface area contributed by atoms with Crippen LogP contribution in [0.4, 0.5) is 0 Å². The van der Waals surface area contributed by atoms with Crippen LogP contribution in [-0.2, 0) is 31.0 Å². The van der Waals surface area contributed by atoms with Crippen molar-refractivity contribution in [1.29, 1.82) is 0 Å². The molecule has 0 bridgehead atoms. The molecule has 0 radical (unpaired) electrons. The fraction of sp³-hybridized carbons (Fsp3) is 0.163. The number of aromatic hydroxyl groups is 2. The molecule has 2 N–H and O–H groups in total. The maximum Gasteiger partial charge on any atom is 0.157 e. The Hall–Kier alpha value is -5.24. The molecule has 0 fully saturated rings. The molecule has 1 unspecified atom stereocenters. The van der Waals surface area contributed by atoms with Crippen LogP contribution in [-0.4, -0.2) is 16.3 Å². The molecular formula is C43H37BrO6. The predicted octanol–water partition coefficient (Wildman–Crippen LogP) is 10.1. The van der Waals surface area contributed by atoms with E-state index in [-0.39, 0.29) is 17.4 Å². The van der Waals surface area contributed by atoms with Crippen molar-refractivity contribution < 1.29 is 29.2 Å². The molecule has 6 aromatic rings. The Morgan fingerprint density at radius 3 is 1.64 bits per heavy atom. The van der Waals surface area contributed by atoms with Gasteiger partial charge in [-0.2, -0.15) is 0 Å². The molecule has 0 saturated heterocycles. The van der Waals surface area contributed by atoms with Gasteiger partial charge in [0.1, 0.15) is 41.0 Å². The topological polar surface area (TPSA) is 77.4 Å². The van der Waals surface area contributed by atoms with Crippen molar-refractivity contribution in [3.05, 3.63) is 183 Å². The monoisotopic (exact) mass is 728 g/mol. The Kier molecular flexibility index (Phi) is 10.3. The van der Waals surface area contributed by atoms with Crippen molar-refractivity contribution in [3.8, 4) is 28.7 Å². The van der Waals surface area contributed by atoms with Crippen LogP contribution in [0, 0.1) is 0 Å². The SMILES string of the molecule is Oc1ccc([C@H]2Oc3c(Br)c(OCc4ccccc4)cc(OCc4ccccc4)c3C(Cc3ccccc3)[C@H]2OCc2ccccc2)cc1O. The van der Waals surface area contributed by atoms with Gasteiger partial charge in [0.05, 0.1) is 6.61 Å². The van der Waals surface area contributed by atoms with Gasteiger partial charge in [0.2, 0.25) is 0 Å². The summed E-state index contributed by atoms with van der Waals surface area (Å²) in [4.78, 5) is 0. The second kappa shape index (κ2) is 15.5. The third kappa shape index (κ3) is 7.65. The minimum Gasteiger partial charge on any atom is -0.504 e. The van der Waals surface area contributed by atoms with Gasteiger partial charge in [0, 0.05) is 17.5 Å². The highest BCUT2D eigenvalue weighted by molar-refractivity contribution is 9.10. The summed E-state index contributed by atoms with van der Waals surface area (Å²) in [5.41, 5.74) is 5.73. The lowest BCUT2D eigenvalue weighted by Crippen LogP contribution is -2.38. The normalized spacial score (nSPS) is 16.6. The van der Waals surface area contributed by atoms with Crippen molar-refractivity contribution in [2.24, 2.45) is 0 Å². The van der Waals surface area contributed by atoms with Gasteiger partial charge in [-0.15, -0.1) is 0 Å². The van der Waals surface area contributed by atoms with E-state index in [0.29, 0.717) is 53.5 Å². The molecule has 1 heterocycles. The number of hydrogen-bond acceptors (Lipinski definition) is 6. The molecule has 0 aromatic heterocycles. The van der Waals surface area contributed by atoms with E-state index in [0.717, 1.165) is 27.8 Å². The molecule has 1 aliphatic heterocycles. The molecule has 1 aliphatic rings. The van der Waals surface area contributed by atoms with Crippen molar-refractivity contribution in [2.75, 3.05) is 0 Å². The van der Waals surface area contributed by atoms with Gasteiger partial charge < -0.3 is 29.2 Å². The molecule has 0 saturated carbocycles. The summed E-state index contributed by atoms with van der Waals surface area (Å²) in [7, 11) is 0. The first kappa shape index (κ1) is 33.3. The van der Waals surface area contributed by atoms with Gasteiger partial charge in [0.15, 0.2) is 17.6 Å². The number of rotatable bonds is 12. The number of halogens is 1. The van der Waals surface area contributed by atoms with Crippen LogP contribution in [0.2, 0.25) is 0 Å². The zero-order chi connectivity index (χ0) is 34.3. The van der Waals surface area contributed by atoms with E-state index in [1.165, 1.54) is 6.07 Å². The maximum atomic E-state index is 10.6. The summed E-state index contributed by atoms with van der Waals surface area (Å²) in [5, 5.41) is 20.8. The maximum absolute atomic E-state index is 10.6. The Morgan fingerprint density at radius 2 is 1.08 bits per heavy atom. The van der Waals surface area contributed by atoms with Crippen LogP contribution in [0.15, 0.2) is 150 Å². The zero-order valence-electron chi connectivity index (χ0n) is 27.3. The molecule has 7 rings (SSSR count). The standard InChI is InChI=1S/C43H37BrO6/c44-40-38(48-27-31-17-9-3-10-18-31)25-37(47-26-30-15-7-2-8-16-30)39-34(23-29-13-5-1-6-14-29)42(49-28-32-19-11-4-12-20-32)41(50-43(39)40)33-21-22-35(45)36(46)24-33/h1-22,24-25,34,41-42,45-46H,23,26-28H2/t34?,41-,42-/m1/s1. The van der Waals surface area contributed by atoms with Gasteiger partial charge in [-0.25, -0.2) is 0 Å². The highest BCUT2D eigenvalue weighted by Crippen LogP contribution is 2.55. The Balaban J connectivity index is 1.37. The van der Waals surface area contributed by atoms with Crippen LogP contribution in [0.3, 0.4) is 0 Å². The fourth-order valence-corrected chi connectivity index (χ4v) is 6.90. The summed E-state index contributed by atoms with van der Waals surface area (Å²) in [5.74, 6) is 1.10. The quantitative estimate of drug-likeness (QED) is 0.122. The van der Waals surface area contributed by atoms with Gasteiger partial charge in [-0.05, 0) is 62.3 Å². The largest absolute Gasteiger partial charge is 0.504 e. The van der Waals surface area contributed by atoms with Crippen molar-refractivity contribution in [3.63, 3.8) is 0 Å². The molecule has 0 spiro atoms.